The van der Waals surface area contributed by atoms with Crippen molar-refractivity contribution in [2.45, 2.75) is 6.92 Å². The van der Waals surface area contributed by atoms with E-state index in [0.29, 0.717) is 24.5 Å². The number of benzene rings is 1. The Balaban J connectivity index is 2.37. The molecule has 0 fully saturated rings. The summed E-state index contributed by atoms with van der Waals surface area (Å²) in [5.41, 5.74) is 0.594. The Morgan fingerprint density at radius 2 is 1.83 bits per heavy atom. The molecule has 1 aromatic carbocycles. The van der Waals surface area contributed by atoms with E-state index in [1.807, 2.05) is 6.07 Å². The van der Waals surface area contributed by atoms with E-state index in [9.17, 15) is 9.59 Å². The van der Waals surface area contributed by atoms with Crippen molar-refractivity contribution in [3.8, 4) is 5.75 Å². The lowest BCUT2D eigenvalue weighted by Crippen LogP contribution is -2.36. The molecule has 0 atom stereocenters. The number of hydrogen-bond acceptors (Lipinski definition) is 3. The average molecular weight is 251 g/mol. The van der Waals surface area contributed by atoms with E-state index in [-0.39, 0.29) is 11.9 Å². The Morgan fingerprint density at radius 3 is 2.50 bits per heavy atom. The van der Waals surface area contributed by atoms with Gasteiger partial charge in [0.2, 0.25) is 5.91 Å². The van der Waals surface area contributed by atoms with E-state index in [4.69, 9.17) is 4.74 Å². The van der Waals surface area contributed by atoms with Crippen molar-refractivity contribution >= 4 is 17.6 Å². The summed E-state index contributed by atoms with van der Waals surface area (Å²) in [6.45, 7) is 2.18. The Labute approximate surface area is 106 Å². The quantitative estimate of drug-likeness (QED) is 0.682. The summed E-state index contributed by atoms with van der Waals surface area (Å²) < 4.78 is 5.10. The van der Waals surface area contributed by atoms with Gasteiger partial charge in [-0.05, 0) is 12.1 Å². The predicted molar refractivity (Wildman–Crippen MR) is 68.7 cm³/mol. The molecule has 0 saturated carbocycles. The lowest BCUT2D eigenvalue weighted by molar-refractivity contribution is -0.118. The van der Waals surface area contributed by atoms with Crippen molar-refractivity contribution in [3.63, 3.8) is 0 Å². The average Bonchev–Trinajstić information content (AvgIpc) is 2.35. The van der Waals surface area contributed by atoms with Crippen LogP contribution in [0.3, 0.4) is 0 Å². The molecule has 18 heavy (non-hydrogen) atoms. The Morgan fingerprint density at radius 1 is 1.17 bits per heavy atom. The van der Waals surface area contributed by atoms with Gasteiger partial charge in [-0.1, -0.05) is 12.1 Å². The molecule has 0 aliphatic heterocycles. The molecule has 98 valence electrons. The number of nitrogens with one attached hydrogen (secondary N) is 3. The fraction of sp³-hybridized carbons (Fsp3) is 0.333. The van der Waals surface area contributed by atoms with Crippen molar-refractivity contribution in [2.24, 2.45) is 0 Å². The molecule has 3 N–H and O–H groups in total. The fourth-order valence-electron chi connectivity index (χ4n) is 1.33. The van der Waals surface area contributed by atoms with Gasteiger partial charge in [0.25, 0.3) is 0 Å². The summed E-state index contributed by atoms with van der Waals surface area (Å²) in [7, 11) is 1.54. The van der Waals surface area contributed by atoms with Crippen molar-refractivity contribution in [2.75, 3.05) is 25.5 Å². The number of anilines is 1. The molecule has 0 aliphatic rings. The maximum atomic E-state index is 11.5. The van der Waals surface area contributed by atoms with Crippen LogP contribution in [0.1, 0.15) is 6.92 Å². The van der Waals surface area contributed by atoms with Crippen LogP contribution in [0.15, 0.2) is 24.3 Å². The minimum absolute atomic E-state index is 0.123. The third-order valence-corrected chi connectivity index (χ3v) is 2.14. The first kappa shape index (κ1) is 13.8. The van der Waals surface area contributed by atoms with Gasteiger partial charge < -0.3 is 20.7 Å². The largest absolute Gasteiger partial charge is 0.495 e. The second-order valence-electron chi connectivity index (χ2n) is 3.56. The zero-order chi connectivity index (χ0) is 13.4. The molecule has 0 aromatic heterocycles. The normalized spacial score (nSPS) is 9.44. The summed E-state index contributed by atoms with van der Waals surface area (Å²) in [6.07, 6.45) is 0. The van der Waals surface area contributed by atoms with Gasteiger partial charge in [-0.25, -0.2) is 4.79 Å². The standard InChI is InChI=1S/C12H17N3O3/c1-9(16)13-7-8-14-12(17)15-10-5-3-4-6-11(10)18-2/h3-6H,7-8H2,1-2H3,(H,13,16)(H2,14,15,17). The van der Waals surface area contributed by atoms with Gasteiger partial charge in [0.05, 0.1) is 12.8 Å². The van der Waals surface area contributed by atoms with Crippen molar-refractivity contribution in [1.82, 2.24) is 10.6 Å². The molecule has 1 rings (SSSR count). The molecule has 1 aromatic rings. The molecule has 6 nitrogen and oxygen atoms in total. The molecule has 0 heterocycles. The second-order valence-corrected chi connectivity index (χ2v) is 3.56. The van der Waals surface area contributed by atoms with Crippen molar-refractivity contribution in [1.29, 1.82) is 0 Å². The molecular weight excluding hydrogens is 234 g/mol. The highest BCUT2D eigenvalue weighted by Crippen LogP contribution is 2.22. The van der Waals surface area contributed by atoms with Gasteiger partial charge in [-0.3, -0.25) is 4.79 Å². The van der Waals surface area contributed by atoms with Gasteiger partial charge in [0, 0.05) is 20.0 Å². The number of urea groups is 1. The highest BCUT2D eigenvalue weighted by molar-refractivity contribution is 5.90. The van der Waals surface area contributed by atoms with E-state index in [1.165, 1.54) is 14.0 Å². The molecular formula is C12H17N3O3. The van der Waals surface area contributed by atoms with Gasteiger partial charge >= 0.3 is 6.03 Å². The second kappa shape index (κ2) is 7.16. The summed E-state index contributed by atoms with van der Waals surface area (Å²) in [6, 6.07) is 6.78. The minimum atomic E-state index is -0.343. The number of hydrogen-bond donors (Lipinski definition) is 3. The highest BCUT2D eigenvalue weighted by Gasteiger charge is 2.05. The lowest BCUT2D eigenvalue weighted by atomic mass is 10.3. The lowest BCUT2D eigenvalue weighted by Gasteiger charge is -2.10. The van der Waals surface area contributed by atoms with Crippen LogP contribution in [0.5, 0.6) is 5.75 Å². The molecule has 0 spiro atoms. The summed E-state index contributed by atoms with van der Waals surface area (Å²) in [5, 5.41) is 7.86. The third kappa shape index (κ3) is 4.73. The number of ether oxygens (including phenoxy) is 1. The predicted octanol–water partition coefficient (Wildman–Crippen LogP) is 0.953. The first-order valence-electron chi connectivity index (χ1n) is 5.56. The Kier molecular flexibility index (Phi) is 5.50. The number of methoxy groups -OCH3 is 1. The number of rotatable bonds is 5. The Bertz CT molecular complexity index is 421. The van der Waals surface area contributed by atoms with E-state index in [1.54, 1.807) is 18.2 Å². The molecule has 6 heteroatoms. The van der Waals surface area contributed by atoms with Gasteiger partial charge in [0.1, 0.15) is 5.75 Å². The topological polar surface area (TPSA) is 79.5 Å². The zero-order valence-corrected chi connectivity index (χ0v) is 10.4. The van der Waals surface area contributed by atoms with E-state index >= 15 is 0 Å². The maximum absolute atomic E-state index is 11.5. The number of para-hydroxylation sites is 2. The van der Waals surface area contributed by atoms with Gasteiger partial charge in [-0.15, -0.1) is 0 Å². The Hall–Kier alpha value is -2.24. The molecule has 0 bridgehead atoms. The highest BCUT2D eigenvalue weighted by atomic mass is 16.5. The monoisotopic (exact) mass is 251 g/mol. The van der Waals surface area contributed by atoms with Crippen LogP contribution >= 0.6 is 0 Å². The third-order valence-electron chi connectivity index (χ3n) is 2.14. The van der Waals surface area contributed by atoms with Crippen LogP contribution in [-0.2, 0) is 4.79 Å². The van der Waals surface area contributed by atoms with Crippen LogP contribution in [-0.4, -0.2) is 32.1 Å². The van der Waals surface area contributed by atoms with Crippen molar-refractivity contribution in [3.05, 3.63) is 24.3 Å². The first-order valence-corrected chi connectivity index (χ1v) is 5.56. The summed E-state index contributed by atoms with van der Waals surface area (Å²) >= 11 is 0. The van der Waals surface area contributed by atoms with E-state index in [0.717, 1.165) is 0 Å². The summed E-state index contributed by atoms with van der Waals surface area (Å²) in [5.74, 6) is 0.469. The smallest absolute Gasteiger partial charge is 0.319 e. The van der Waals surface area contributed by atoms with E-state index in [2.05, 4.69) is 16.0 Å². The molecule has 0 aliphatic carbocycles. The van der Waals surface area contributed by atoms with Crippen LogP contribution in [0.25, 0.3) is 0 Å². The van der Waals surface area contributed by atoms with Crippen molar-refractivity contribution < 1.29 is 14.3 Å². The summed E-state index contributed by atoms with van der Waals surface area (Å²) in [4.78, 5) is 22.1. The fourth-order valence-corrected chi connectivity index (χ4v) is 1.33. The zero-order valence-electron chi connectivity index (χ0n) is 10.4. The molecule has 0 radical (unpaired) electrons. The van der Waals surface area contributed by atoms with Crippen LogP contribution in [0, 0.1) is 0 Å². The number of carbonyl (C=O) groups excluding carboxylic acids is 2. The SMILES string of the molecule is COc1ccccc1NC(=O)NCCNC(C)=O. The molecule has 0 saturated heterocycles. The van der Waals surface area contributed by atoms with Crippen LogP contribution in [0.4, 0.5) is 10.5 Å². The van der Waals surface area contributed by atoms with Crippen LogP contribution < -0.4 is 20.7 Å². The van der Waals surface area contributed by atoms with Gasteiger partial charge in [0.15, 0.2) is 0 Å². The minimum Gasteiger partial charge on any atom is -0.495 e. The molecule has 0 unspecified atom stereocenters. The maximum Gasteiger partial charge on any atom is 0.319 e. The van der Waals surface area contributed by atoms with E-state index < -0.39 is 0 Å². The number of amides is 3. The van der Waals surface area contributed by atoms with Crippen LogP contribution in [0.2, 0.25) is 0 Å². The number of carbonyl (C=O) groups is 2. The van der Waals surface area contributed by atoms with Gasteiger partial charge in [-0.2, -0.15) is 0 Å². The first-order chi connectivity index (χ1) is 8.63. The molecule has 3 amide bonds.